The minimum Gasteiger partial charge on any atom is -0.494 e. The van der Waals surface area contributed by atoms with Gasteiger partial charge in [-0.15, -0.1) is 0 Å². The minimum absolute atomic E-state index is 0.0655. The van der Waals surface area contributed by atoms with E-state index < -0.39 is 5.97 Å². The predicted octanol–water partition coefficient (Wildman–Crippen LogP) is 2.98. The molecular formula is C19H21NO4. The van der Waals surface area contributed by atoms with Crippen LogP contribution in [0.1, 0.15) is 28.4 Å². The molecule has 1 amide bonds. The first-order valence-electron chi connectivity index (χ1n) is 7.78. The summed E-state index contributed by atoms with van der Waals surface area (Å²) in [5, 5.41) is 9.19. The maximum Gasteiger partial charge on any atom is 0.335 e. The monoisotopic (exact) mass is 327 g/mol. The number of benzene rings is 2. The number of hydrogen-bond donors (Lipinski definition) is 1. The zero-order chi connectivity index (χ0) is 17.5. The van der Waals surface area contributed by atoms with Gasteiger partial charge in [-0.25, -0.2) is 4.79 Å². The molecule has 0 heterocycles. The van der Waals surface area contributed by atoms with Crippen molar-refractivity contribution in [2.45, 2.75) is 19.9 Å². The molecule has 0 aliphatic heterocycles. The maximum atomic E-state index is 12.4. The standard InChI is InChI=1S/C19H21NO4/c1-3-24-16-10-8-14(9-11-16)13-20(2)18(21)12-15-6-4-5-7-17(15)19(22)23/h4-11H,3,12-13H2,1-2H3,(H,22,23). The van der Waals surface area contributed by atoms with Gasteiger partial charge >= 0.3 is 5.97 Å². The van der Waals surface area contributed by atoms with Gasteiger partial charge in [0.05, 0.1) is 18.6 Å². The van der Waals surface area contributed by atoms with Crippen molar-refractivity contribution < 1.29 is 19.4 Å². The van der Waals surface area contributed by atoms with Gasteiger partial charge in [-0.2, -0.15) is 0 Å². The molecule has 0 aliphatic rings. The first kappa shape index (κ1) is 17.5. The summed E-state index contributed by atoms with van der Waals surface area (Å²) < 4.78 is 5.39. The number of nitrogens with zero attached hydrogens (tertiary/aromatic N) is 1. The van der Waals surface area contributed by atoms with E-state index in [0.717, 1.165) is 11.3 Å². The number of carboxylic acid groups (broad SMARTS) is 1. The molecule has 2 aromatic carbocycles. The Kier molecular flexibility index (Phi) is 5.95. The van der Waals surface area contributed by atoms with Gasteiger partial charge in [0.25, 0.3) is 0 Å². The van der Waals surface area contributed by atoms with Crippen molar-refractivity contribution in [3.05, 3.63) is 65.2 Å². The number of rotatable bonds is 7. The van der Waals surface area contributed by atoms with Crippen LogP contribution in [0.5, 0.6) is 5.75 Å². The molecule has 126 valence electrons. The van der Waals surface area contributed by atoms with Crippen molar-refractivity contribution >= 4 is 11.9 Å². The molecule has 0 fully saturated rings. The molecule has 0 saturated heterocycles. The average Bonchev–Trinajstić information content (AvgIpc) is 2.57. The van der Waals surface area contributed by atoms with E-state index in [-0.39, 0.29) is 17.9 Å². The predicted molar refractivity (Wildman–Crippen MR) is 91.2 cm³/mol. The summed E-state index contributed by atoms with van der Waals surface area (Å²) in [4.78, 5) is 25.2. The van der Waals surface area contributed by atoms with Crippen LogP contribution < -0.4 is 4.74 Å². The number of carbonyl (C=O) groups is 2. The zero-order valence-corrected chi connectivity index (χ0v) is 13.9. The summed E-state index contributed by atoms with van der Waals surface area (Å²) in [5.74, 6) is -0.351. The van der Waals surface area contributed by atoms with Crippen LogP contribution in [0, 0.1) is 0 Å². The molecule has 0 atom stereocenters. The van der Waals surface area contributed by atoms with Crippen LogP contribution in [0.4, 0.5) is 0 Å². The lowest BCUT2D eigenvalue weighted by Crippen LogP contribution is -2.28. The van der Waals surface area contributed by atoms with E-state index in [2.05, 4.69) is 0 Å². The first-order chi connectivity index (χ1) is 11.5. The lowest BCUT2D eigenvalue weighted by Gasteiger charge is -2.18. The first-order valence-corrected chi connectivity index (χ1v) is 7.78. The van der Waals surface area contributed by atoms with Gasteiger partial charge in [0.15, 0.2) is 0 Å². The van der Waals surface area contributed by atoms with Gasteiger partial charge in [0.1, 0.15) is 5.75 Å². The summed E-state index contributed by atoms with van der Waals surface area (Å²) in [6, 6.07) is 14.2. The van der Waals surface area contributed by atoms with Gasteiger partial charge in [-0.1, -0.05) is 30.3 Å². The Morgan fingerprint density at radius 1 is 1.08 bits per heavy atom. The second kappa shape index (κ2) is 8.15. The fourth-order valence-electron chi connectivity index (χ4n) is 2.40. The molecule has 5 nitrogen and oxygen atoms in total. The lowest BCUT2D eigenvalue weighted by atomic mass is 10.0. The van der Waals surface area contributed by atoms with Crippen molar-refractivity contribution in [3.8, 4) is 5.75 Å². The molecule has 24 heavy (non-hydrogen) atoms. The van der Waals surface area contributed by atoms with Gasteiger partial charge in [0.2, 0.25) is 5.91 Å². The van der Waals surface area contributed by atoms with Crippen LogP contribution in [0.25, 0.3) is 0 Å². The van der Waals surface area contributed by atoms with Crippen LogP contribution in [0.15, 0.2) is 48.5 Å². The molecule has 2 aromatic rings. The van der Waals surface area contributed by atoms with E-state index in [1.807, 2.05) is 31.2 Å². The normalized spacial score (nSPS) is 10.2. The molecule has 0 unspecified atom stereocenters. The largest absolute Gasteiger partial charge is 0.494 e. The Labute approximate surface area is 141 Å². The van der Waals surface area contributed by atoms with Gasteiger partial charge in [-0.05, 0) is 36.2 Å². The Balaban J connectivity index is 2.01. The SMILES string of the molecule is CCOc1ccc(CN(C)C(=O)Cc2ccccc2C(=O)O)cc1. The molecule has 0 aliphatic carbocycles. The van der Waals surface area contributed by atoms with Crippen LogP contribution in [-0.4, -0.2) is 35.5 Å². The molecule has 0 spiro atoms. The molecule has 1 N–H and O–H groups in total. The van der Waals surface area contributed by atoms with E-state index in [4.69, 9.17) is 4.74 Å². The summed E-state index contributed by atoms with van der Waals surface area (Å²) in [7, 11) is 1.71. The van der Waals surface area contributed by atoms with E-state index >= 15 is 0 Å². The smallest absolute Gasteiger partial charge is 0.335 e. The van der Waals surface area contributed by atoms with Crippen LogP contribution >= 0.6 is 0 Å². The summed E-state index contributed by atoms with van der Waals surface area (Å²) >= 11 is 0. The minimum atomic E-state index is -1.02. The highest BCUT2D eigenvalue weighted by Gasteiger charge is 2.15. The van der Waals surface area contributed by atoms with Crippen molar-refractivity contribution in [3.63, 3.8) is 0 Å². The van der Waals surface area contributed by atoms with Gasteiger partial charge in [0, 0.05) is 13.6 Å². The number of ether oxygens (including phenoxy) is 1. The van der Waals surface area contributed by atoms with Gasteiger partial charge < -0.3 is 14.7 Å². The van der Waals surface area contributed by atoms with E-state index in [1.165, 1.54) is 6.07 Å². The third kappa shape index (κ3) is 4.59. The molecular weight excluding hydrogens is 306 g/mol. The highest BCUT2D eigenvalue weighted by atomic mass is 16.5. The van der Waals surface area contributed by atoms with Crippen LogP contribution in [0.3, 0.4) is 0 Å². The number of hydrogen-bond acceptors (Lipinski definition) is 3. The Bertz CT molecular complexity index is 710. The van der Waals surface area contributed by atoms with E-state index in [0.29, 0.717) is 18.7 Å². The number of amides is 1. The molecule has 0 aromatic heterocycles. The van der Waals surface area contributed by atoms with Crippen LogP contribution in [0.2, 0.25) is 0 Å². The Morgan fingerprint density at radius 2 is 1.75 bits per heavy atom. The van der Waals surface area contributed by atoms with Crippen molar-refractivity contribution in [2.24, 2.45) is 0 Å². The van der Waals surface area contributed by atoms with E-state index in [1.54, 1.807) is 30.1 Å². The van der Waals surface area contributed by atoms with E-state index in [9.17, 15) is 14.7 Å². The quantitative estimate of drug-likeness (QED) is 0.849. The lowest BCUT2D eigenvalue weighted by molar-refractivity contribution is -0.129. The summed E-state index contributed by atoms with van der Waals surface area (Å²) in [5.41, 5.74) is 1.68. The molecule has 0 bridgehead atoms. The summed E-state index contributed by atoms with van der Waals surface area (Å²) in [6.45, 7) is 3.00. The highest BCUT2D eigenvalue weighted by molar-refractivity contribution is 5.91. The fourth-order valence-corrected chi connectivity index (χ4v) is 2.40. The molecule has 0 radical (unpaired) electrons. The van der Waals surface area contributed by atoms with Gasteiger partial charge in [-0.3, -0.25) is 4.79 Å². The second-order valence-electron chi connectivity index (χ2n) is 5.47. The van der Waals surface area contributed by atoms with Crippen molar-refractivity contribution in [2.75, 3.05) is 13.7 Å². The number of likely N-dealkylation sites (N-methyl/N-ethyl adjacent to an activating group) is 1. The number of aromatic carboxylic acids is 1. The Hall–Kier alpha value is -2.82. The second-order valence-corrected chi connectivity index (χ2v) is 5.47. The topological polar surface area (TPSA) is 66.8 Å². The fraction of sp³-hybridized carbons (Fsp3) is 0.263. The van der Waals surface area contributed by atoms with Crippen molar-refractivity contribution in [1.82, 2.24) is 4.90 Å². The van der Waals surface area contributed by atoms with Crippen LogP contribution in [-0.2, 0) is 17.8 Å². The average molecular weight is 327 g/mol. The van der Waals surface area contributed by atoms with Crippen molar-refractivity contribution in [1.29, 1.82) is 0 Å². The molecule has 5 heteroatoms. The number of carbonyl (C=O) groups excluding carboxylic acids is 1. The molecule has 0 saturated carbocycles. The number of carboxylic acids is 1. The Morgan fingerprint density at radius 3 is 2.38 bits per heavy atom. The summed E-state index contributed by atoms with van der Waals surface area (Å²) in [6.07, 6.45) is 0.0655. The highest BCUT2D eigenvalue weighted by Crippen LogP contribution is 2.15. The molecule has 2 rings (SSSR count). The third-order valence-corrected chi connectivity index (χ3v) is 3.67. The third-order valence-electron chi connectivity index (χ3n) is 3.67. The maximum absolute atomic E-state index is 12.4. The zero-order valence-electron chi connectivity index (χ0n) is 13.9.